The highest BCUT2D eigenvalue weighted by Crippen LogP contribution is 2.24. The van der Waals surface area contributed by atoms with Gasteiger partial charge in [-0.1, -0.05) is 35.3 Å². The number of amides is 1. The molecule has 0 aliphatic carbocycles. The molecule has 130 valence electrons. The number of anilines is 1. The summed E-state index contributed by atoms with van der Waals surface area (Å²) in [4.78, 5) is 23.4. The third kappa shape index (κ3) is 6.14. The van der Waals surface area contributed by atoms with Crippen molar-refractivity contribution in [3.63, 3.8) is 0 Å². The second-order valence-corrected chi connectivity index (χ2v) is 5.71. The van der Waals surface area contributed by atoms with E-state index in [0.29, 0.717) is 15.7 Å². The molecule has 0 aliphatic heterocycles. The summed E-state index contributed by atoms with van der Waals surface area (Å²) >= 11 is 11.7. The van der Waals surface area contributed by atoms with Gasteiger partial charge in [0.1, 0.15) is 5.75 Å². The Morgan fingerprint density at radius 1 is 1.08 bits per heavy atom. The normalized spacial score (nSPS) is 10.5. The van der Waals surface area contributed by atoms with Crippen molar-refractivity contribution in [2.75, 3.05) is 19.0 Å². The van der Waals surface area contributed by atoms with E-state index in [1.165, 1.54) is 12.1 Å². The Hall–Kier alpha value is -2.50. The number of esters is 1. The van der Waals surface area contributed by atoms with Crippen LogP contribution in [0.2, 0.25) is 10.0 Å². The van der Waals surface area contributed by atoms with Crippen molar-refractivity contribution in [2.24, 2.45) is 0 Å². The fraction of sp³-hybridized carbons (Fsp3) is 0.111. The summed E-state index contributed by atoms with van der Waals surface area (Å²) in [6.45, 7) is -0.411. The molecule has 0 saturated heterocycles. The zero-order valence-electron chi connectivity index (χ0n) is 13.3. The van der Waals surface area contributed by atoms with Gasteiger partial charge < -0.3 is 14.8 Å². The molecule has 1 amide bonds. The molecule has 0 bridgehead atoms. The number of halogens is 2. The predicted octanol–water partition coefficient (Wildman–Crippen LogP) is 4.20. The molecule has 0 saturated carbocycles. The first-order chi connectivity index (χ1) is 12.0. The van der Waals surface area contributed by atoms with Crippen LogP contribution in [0.1, 0.15) is 5.56 Å². The number of benzene rings is 2. The predicted molar refractivity (Wildman–Crippen MR) is 98.1 cm³/mol. The van der Waals surface area contributed by atoms with Gasteiger partial charge in [0.25, 0.3) is 5.91 Å². The Bertz CT molecular complexity index is 788. The Morgan fingerprint density at radius 3 is 2.44 bits per heavy atom. The average Bonchev–Trinajstić information content (AvgIpc) is 2.61. The van der Waals surface area contributed by atoms with Crippen LogP contribution < -0.4 is 10.1 Å². The summed E-state index contributed by atoms with van der Waals surface area (Å²) in [7, 11) is 1.57. The van der Waals surface area contributed by atoms with E-state index < -0.39 is 18.5 Å². The van der Waals surface area contributed by atoms with Crippen LogP contribution in [-0.2, 0) is 14.3 Å². The zero-order valence-corrected chi connectivity index (χ0v) is 14.8. The molecular formula is C18H15Cl2NO4. The van der Waals surface area contributed by atoms with Crippen molar-refractivity contribution in [1.82, 2.24) is 0 Å². The molecule has 2 aromatic carbocycles. The van der Waals surface area contributed by atoms with Crippen LogP contribution in [0.25, 0.3) is 6.08 Å². The number of hydrogen-bond acceptors (Lipinski definition) is 4. The molecule has 0 aliphatic rings. The van der Waals surface area contributed by atoms with Gasteiger partial charge in [0.15, 0.2) is 6.61 Å². The number of carbonyl (C=O) groups is 2. The van der Waals surface area contributed by atoms with Crippen molar-refractivity contribution in [2.45, 2.75) is 0 Å². The number of carbonyl (C=O) groups excluding carboxylic acids is 2. The van der Waals surface area contributed by atoms with Crippen LogP contribution in [0.4, 0.5) is 5.69 Å². The van der Waals surface area contributed by atoms with Gasteiger partial charge in [-0.25, -0.2) is 4.79 Å². The zero-order chi connectivity index (χ0) is 18.2. The van der Waals surface area contributed by atoms with E-state index in [9.17, 15) is 9.59 Å². The first-order valence-electron chi connectivity index (χ1n) is 7.22. The van der Waals surface area contributed by atoms with E-state index in [0.717, 1.165) is 11.3 Å². The summed E-state index contributed by atoms with van der Waals surface area (Å²) < 4.78 is 9.92. The molecule has 0 fully saturated rings. The van der Waals surface area contributed by atoms with Crippen LogP contribution in [0.3, 0.4) is 0 Å². The van der Waals surface area contributed by atoms with Crippen molar-refractivity contribution in [1.29, 1.82) is 0 Å². The van der Waals surface area contributed by atoms with Gasteiger partial charge in [-0.3, -0.25) is 4.79 Å². The lowest BCUT2D eigenvalue weighted by molar-refractivity contribution is -0.142. The lowest BCUT2D eigenvalue weighted by atomic mass is 10.2. The van der Waals surface area contributed by atoms with E-state index in [1.807, 2.05) is 0 Å². The topological polar surface area (TPSA) is 64.6 Å². The van der Waals surface area contributed by atoms with Crippen LogP contribution in [-0.4, -0.2) is 25.6 Å². The molecule has 0 atom stereocenters. The average molecular weight is 380 g/mol. The van der Waals surface area contributed by atoms with Crippen molar-refractivity contribution in [3.05, 3.63) is 64.1 Å². The molecule has 1 N–H and O–H groups in total. The maximum absolute atomic E-state index is 11.8. The number of nitrogens with one attached hydrogen (secondary N) is 1. The lowest BCUT2D eigenvalue weighted by Gasteiger charge is -2.06. The number of methoxy groups -OCH3 is 1. The number of hydrogen-bond donors (Lipinski definition) is 1. The standard InChI is InChI=1S/C18H15Cl2NO4/c1-24-14-6-2-12(3-7-14)4-9-18(23)25-11-17(22)21-13-5-8-15(19)16(20)10-13/h2-10H,11H2,1H3,(H,21,22)/b9-4+. The molecule has 5 nitrogen and oxygen atoms in total. The molecule has 7 heteroatoms. The van der Waals surface area contributed by atoms with Crippen LogP contribution >= 0.6 is 23.2 Å². The molecule has 0 radical (unpaired) electrons. The Morgan fingerprint density at radius 2 is 1.80 bits per heavy atom. The summed E-state index contributed by atoms with van der Waals surface area (Å²) in [5.74, 6) is -0.386. The summed E-state index contributed by atoms with van der Waals surface area (Å²) in [5.41, 5.74) is 1.27. The van der Waals surface area contributed by atoms with Gasteiger partial charge in [-0.2, -0.15) is 0 Å². The minimum absolute atomic E-state index is 0.318. The second-order valence-electron chi connectivity index (χ2n) is 4.89. The molecular weight excluding hydrogens is 365 g/mol. The van der Waals surface area contributed by atoms with Gasteiger partial charge in [0.05, 0.1) is 17.2 Å². The third-order valence-electron chi connectivity index (χ3n) is 3.08. The van der Waals surface area contributed by atoms with Crippen LogP contribution in [0.15, 0.2) is 48.5 Å². The molecule has 0 aromatic heterocycles. The summed E-state index contributed by atoms with van der Waals surface area (Å²) in [6.07, 6.45) is 2.83. The maximum atomic E-state index is 11.8. The van der Waals surface area contributed by atoms with Crippen LogP contribution in [0, 0.1) is 0 Å². The molecule has 0 heterocycles. The lowest BCUT2D eigenvalue weighted by Crippen LogP contribution is -2.20. The first kappa shape index (κ1) is 18.8. The SMILES string of the molecule is COc1ccc(/C=C/C(=O)OCC(=O)Nc2ccc(Cl)c(Cl)c2)cc1. The fourth-order valence-corrected chi connectivity index (χ4v) is 2.13. The minimum atomic E-state index is -0.625. The van der Waals surface area contributed by atoms with Gasteiger partial charge >= 0.3 is 5.97 Å². The molecule has 0 unspecified atom stereocenters. The van der Waals surface area contributed by atoms with Crippen LogP contribution in [0.5, 0.6) is 5.75 Å². The molecule has 2 aromatic rings. The second kappa shape index (κ2) is 9.11. The van der Waals surface area contributed by atoms with Crippen molar-refractivity contribution < 1.29 is 19.1 Å². The van der Waals surface area contributed by atoms with E-state index in [2.05, 4.69) is 5.32 Å². The minimum Gasteiger partial charge on any atom is -0.497 e. The van der Waals surface area contributed by atoms with E-state index in [-0.39, 0.29) is 0 Å². The summed E-state index contributed by atoms with van der Waals surface area (Å²) in [6, 6.07) is 11.8. The molecule has 2 rings (SSSR count). The largest absolute Gasteiger partial charge is 0.497 e. The summed E-state index contributed by atoms with van der Waals surface area (Å²) in [5, 5.41) is 3.26. The highest BCUT2D eigenvalue weighted by Gasteiger charge is 2.07. The monoisotopic (exact) mass is 379 g/mol. The fourth-order valence-electron chi connectivity index (χ4n) is 1.84. The van der Waals surface area contributed by atoms with Gasteiger partial charge in [0.2, 0.25) is 0 Å². The Kier molecular flexibility index (Phi) is 6.86. The quantitative estimate of drug-likeness (QED) is 0.603. The first-order valence-corrected chi connectivity index (χ1v) is 7.97. The Labute approximate surface area is 155 Å². The van der Waals surface area contributed by atoms with E-state index in [4.69, 9.17) is 32.7 Å². The highest BCUT2D eigenvalue weighted by atomic mass is 35.5. The van der Waals surface area contributed by atoms with Gasteiger partial charge in [0, 0.05) is 11.8 Å². The van der Waals surface area contributed by atoms with Gasteiger partial charge in [-0.05, 0) is 42.0 Å². The van der Waals surface area contributed by atoms with Crippen molar-refractivity contribution >= 4 is 46.8 Å². The van der Waals surface area contributed by atoms with Gasteiger partial charge in [-0.15, -0.1) is 0 Å². The smallest absolute Gasteiger partial charge is 0.331 e. The van der Waals surface area contributed by atoms with E-state index in [1.54, 1.807) is 49.6 Å². The number of ether oxygens (including phenoxy) is 2. The maximum Gasteiger partial charge on any atom is 0.331 e. The molecule has 0 spiro atoms. The molecule has 25 heavy (non-hydrogen) atoms. The highest BCUT2D eigenvalue weighted by molar-refractivity contribution is 6.42. The Balaban J connectivity index is 1.81. The number of rotatable bonds is 6. The van der Waals surface area contributed by atoms with Crippen molar-refractivity contribution in [3.8, 4) is 5.75 Å². The van der Waals surface area contributed by atoms with E-state index >= 15 is 0 Å². The third-order valence-corrected chi connectivity index (χ3v) is 3.82.